The Morgan fingerprint density at radius 1 is 1.04 bits per heavy atom. The van der Waals surface area contributed by atoms with Crippen LogP contribution in [0.3, 0.4) is 0 Å². The third-order valence-corrected chi connectivity index (χ3v) is 4.16. The van der Waals surface area contributed by atoms with E-state index in [1.807, 2.05) is 20.8 Å². The third kappa shape index (κ3) is 6.14. The highest BCUT2D eigenvalue weighted by Gasteiger charge is 2.28. The molecule has 0 aromatic heterocycles. The van der Waals surface area contributed by atoms with Gasteiger partial charge >= 0.3 is 6.09 Å². The van der Waals surface area contributed by atoms with E-state index >= 15 is 0 Å². The number of amides is 3. The highest BCUT2D eigenvalue weighted by molar-refractivity contribution is 5.94. The molecule has 8 heteroatoms. The second-order valence-electron chi connectivity index (χ2n) is 7.86. The number of carbonyl (C=O) groups is 3. The number of hydrogen-bond acceptors (Lipinski definition) is 5. The van der Waals surface area contributed by atoms with Crippen molar-refractivity contribution in [2.75, 3.05) is 46.9 Å². The van der Waals surface area contributed by atoms with Gasteiger partial charge in [-0.3, -0.25) is 9.59 Å². The van der Waals surface area contributed by atoms with Gasteiger partial charge < -0.3 is 24.2 Å². The number of hydrogen-bond donors (Lipinski definition) is 0. The smallest absolute Gasteiger partial charge is 0.410 e. The van der Waals surface area contributed by atoms with Crippen molar-refractivity contribution in [1.82, 2.24) is 14.7 Å². The summed E-state index contributed by atoms with van der Waals surface area (Å²) in [5.41, 5.74) is -0.0566. The standard InChI is InChI=1S/C20H29N3O5/c1-20(2,3)28-19(26)23-11-9-22(10-12-23)18(25)15-7-6-8-16(13-15)27-14-17(24)21(4)5/h6-8,13H,9-12,14H2,1-5H3. The van der Waals surface area contributed by atoms with Gasteiger partial charge in [-0.25, -0.2) is 4.79 Å². The summed E-state index contributed by atoms with van der Waals surface area (Å²) in [5, 5.41) is 0. The number of piperazine rings is 1. The Morgan fingerprint density at radius 3 is 2.21 bits per heavy atom. The molecule has 154 valence electrons. The first-order valence-corrected chi connectivity index (χ1v) is 9.27. The van der Waals surface area contributed by atoms with Crippen LogP contribution in [0.5, 0.6) is 5.75 Å². The lowest BCUT2D eigenvalue weighted by atomic mass is 10.1. The summed E-state index contributed by atoms with van der Waals surface area (Å²) in [6.07, 6.45) is -0.361. The summed E-state index contributed by atoms with van der Waals surface area (Å²) in [7, 11) is 3.31. The minimum atomic E-state index is -0.543. The summed E-state index contributed by atoms with van der Waals surface area (Å²) in [6, 6.07) is 6.77. The molecule has 3 amide bonds. The molecule has 1 saturated heterocycles. The fourth-order valence-corrected chi connectivity index (χ4v) is 2.59. The molecule has 0 aliphatic carbocycles. The maximum Gasteiger partial charge on any atom is 0.410 e. The van der Waals surface area contributed by atoms with Crippen LogP contribution in [0.25, 0.3) is 0 Å². The SMILES string of the molecule is CN(C)C(=O)COc1cccc(C(=O)N2CCN(C(=O)OC(C)(C)C)CC2)c1. The second-order valence-corrected chi connectivity index (χ2v) is 7.86. The zero-order chi connectivity index (χ0) is 20.9. The first-order chi connectivity index (χ1) is 13.1. The van der Waals surface area contributed by atoms with Gasteiger partial charge in [-0.2, -0.15) is 0 Å². The van der Waals surface area contributed by atoms with Gasteiger partial charge in [0.05, 0.1) is 0 Å². The normalized spacial score (nSPS) is 14.5. The lowest BCUT2D eigenvalue weighted by Gasteiger charge is -2.35. The molecule has 28 heavy (non-hydrogen) atoms. The first kappa shape index (κ1) is 21.5. The zero-order valence-electron chi connectivity index (χ0n) is 17.2. The highest BCUT2D eigenvalue weighted by Crippen LogP contribution is 2.17. The fourth-order valence-electron chi connectivity index (χ4n) is 2.59. The van der Waals surface area contributed by atoms with Crippen molar-refractivity contribution in [3.05, 3.63) is 29.8 Å². The van der Waals surface area contributed by atoms with Gasteiger partial charge in [0, 0.05) is 45.8 Å². The summed E-state index contributed by atoms with van der Waals surface area (Å²) >= 11 is 0. The van der Waals surface area contributed by atoms with Crippen LogP contribution >= 0.6 is 0 Å². The molecule has 8 nitrogen and oxygen atoms in total. The predicted octanol–water partition coefficient (Wildman–Crippen LogP) is 1.85. The Morgan fingerprint density at radius 2 is 1.64 bits per heavy atom. The molecule has 1 fully saturated rings. The van der Waals surface area contributed by atoms with Gasteiger partial charge in [-0.05, 0) is 39.0 Å². The average Bonchev–Trinajstić information content (AvgIpc) is 2.64. The highest BCUT2D eigenvalue weighted by atomic mass is 16.6. The van der Waals surface area contributed by atoms with Gasteiger partial charge in [-0.15, -0.1) is 0 Å². The van der Waals surface area contributed by atoms with Crippen molar-refractivity contribution in [1.29, 1.82) is 0 Å². The molecular formula is C20H29N3O5. The Labute approximate surface area is 166 Å². The summed E-state index contributed by atoms with van der Waals surface area (Å²) in [6.45, 7) is 7.11. The number of ether oxygens (including phenoxy) is 2. The molecule has 1 aliphatic rings. The minimum Gasteiger partial charge on any atom is -0.484 e. The molecule has 2 rings (SSSR count). The van der Waals surface area contributed by atoms with Crippen molar-refractivity contribution < 1.29 is 23.9 Å². The maximum atomic E-state index is 12.8. The number of rotatable bonds is 4. The molecule has 0 unspecified atom stereocenters. The van der Waals surface area contributed by atoms with Crippen molar-refractivity contribution in [3.63, 3.8) is 0 Å². The number of carbonyl (C=O) groups excluding carboxylic acids is 3. The third-order valence-electron chi connectivity index (χ3n) is 4.16. The van der Waals surface area contributed by atoms with E-state index in [9.17, 15) is 14.4 Å². The molecule has 0 spiro atoms. The van der Waals surface area contributed by atoms with Crippen LogP contribution in [0.15, 0.2) is 24.3 Å². The van der Waals surface area contributed by atoms with Gasteiger partial charge in [0.2, 0.25) is 0 Å². The first-order valence-electron chi connectivity index (χ1n) is 9.27. The molecule has 0 bridgehead atoms. The van der Waals surface area contributed by atoms with Crippen molar-refractivity contribution in [2.24, 2.45) is 0 Å². The monoisotopic (exact) mass is 391 g/mol. The Bertz CT molecular complexity index is 719. The molecule has 0 atom stereocenters. The number of likely N-dealkylation sites (N-methyl/N-ethyl adjacent to an activating group) is 1. The van der Waals surface area contributed by atoms with Crippen molar-refractivity contribution in [2.45, 2.75) is 26.4 Å². The van der Waals surface area contributed by atoms with E-state index in [0.29, 0.717) is 37.5 Å². The van der Waals surface area contributed by atoms with Crippen molar-refractivity contribution in [3.8, 4) is 5.75 Å². The summed E-state index contributed by atoms with van der Waals surface area (Å²) in [4.78, 5) is 41.3. The van der Waals surface area contributed by atoms with Crippen molar-refractivity contribution >= 4 is 17.9 Å². The van der Waals surface area contributed by atoms with Gasteiger partial charge in [0.15, 0.2) is 6.61 Å². The largest absolute Gasteiger partial charge is 0.484 e. The van der Waals surface area contributed by atoms with E-state index in [1.165, 1.54) is 4.90 Å². The fraction of sp³-hybridized carbons (Fsp3) is 0.550. The lowest BCUT2D eigenvalue weighted by molar-refractivity contribution is -0.130. The van der Waals surface area contributed by atoms with E-state index in [-0.39, 0.29) is 24.5 Å². The Balaban J connectivity index is 1.92. The summed E-state index contributed by atoms with van der Waals surface area (Å²) < 4.78 is 10.8. The van der Waals surface area contributed by atoms with Crippen LogP contribution in [-0.4, -0.2) is 85.1 Å². The topological polar surface area (TPSA) is 79.4 Å². The zero-order valence-corrected chi connectivity index (χ0v) is 17.2. The van der Waals surface area contributed by atoms with Crippen LogP contribution < -0.4 is 4.74 Å². The van der Waals surface area contributed by atoms with E-state index in [0.717, 1.165) is 0 Å². The Kier molecular flexibility index (Phi) is 6.88. The number of nitrogens with zero attached hydrogens (tertiary/aromatic N) is 3. The van der Waals surface area contributed by atoms with E-state index in [1.54, 1.807) is 48.2 Å². The maximum absolute atomic E-state index is 12.8. The quantitative estimate of drug-likeness (QED) is 0.783. The van der Waals surface area contributed by atoms with Gasteiger partial charge in [-0.1, -0.05) is 6.07 Å². The van der Waals surface area contributed by atoms with Crippen LogP contribution in [0.2, 0.25) is 0 Å². The van der Waals surface area contributed by atoms with Crippen LogP contribution in [-0.2, 0) is 9.53 Å². The molecule has 1 aliphatic heterocycles. The minimum absolute atomic E-state index is 0.0841. The van der Waals surface area contributed by atoms with E-state index in [2.05, 4.69) is 0 Å². The average molecular weight is 391 g/mol. The van der Waals surface area contributed by atoms with Gasteiger partial charge in [0.1, 0.15) is 11.4 Å². The van der Waals surface area contributed by atoms with Crippen LogP contribution in [0, 0.1) is 0 Å². The summed E-state index contributed by atoms with van der Waals surface area (Å²) in [5.74, 6) is 0.177. The Hall–Kier alpha value is -2.77. The molecule has 0 saturated carbocycles. The second kappa shape index (κ2) is 8.95. The molecule has 0 N–H and O–H groups in total. The number of benzene rings is 1. The molecule has 1 heterocycles. The van der Waals surface area contributed by atoms with Crippen LogP contribution in [0.1, 0.15) is 31.1 Å². The van der Waals surface area contributed by atoms with E-state index in [4.69, 9.17) is 9.47 Å². The molecule has 0 radical (unpaired) electrons. The lowest BCUT2D eigenvalue weighted by Crippen LogP contribution is -2.51. The molecular weight excluding hydrogens is 362 g/mol. The molecule has 1 aromatic rings. The van der Waals surface area contributed by atoms with E-state index < -0.39 is 5.60 Å². The van der Waals surface area contributed by atoms with Gasteiger partial charge in [0.25, 0.3) is 11.8 Å². The molecule has 1 aromatic carbocycles. The predicted molar refractivity (Wildman–Crippen MR) is 104 cm³/mol. The van der Waals surface area contributed by atoms with Crippen LogP contribution in [0.4, 0.5) is 4.79 Å².